The molecule has 0 fully saturated rings. The number of rotatable bonds is 4. The summed E-state index contributed by atoms with van der Waals surface area (Å²) in [6, 6.07) is 5.35. The van der Waals surface area contributed by atoms with Gasteiger partial charge < -0.3 is 20.5 Å². The van der Waals surface area contributed by atoms with Crippen LogP contribution in [0, 0.1) is 0 Å². The Bertz CT molecular complexity index is 476. The molecule has 1 amide bonds. The molecule has 5 nitrogen and oxygen atoms in total. The number of hydrogen-bond donors (Lipinski definition) is 2. The summed E-state index contributed by atoms with van der Waals surface area (Å²) < 4.78 is 5.58. The predicted octanol–water partition coefficient (Wildman–Crippen LogP) is 1.20. The van der Waals surface area contributed by atoms with Crippen molar-refractivity contribution in [2.24, 2.45) is 5.73 Å². The van der Waals surface area contributed by atoms with Crippen molar-refractivity contribution in [2.75, 3.05) is 18.0 Å². The van der Waals surface area contributed by atoms with Gasteiger partial charge in [0.25, 0.3) is 5.91 Å². The summed E-state index contributed by atoms with van der Waals surface area (Å²) in [6.45, 7) is 4.56. The van der Waals surface area contributed by atoms with Gasteiger partial charge in [0.2, 0.25) is 0 Å². The Labute approximate surface area is 113 Å². The molecular formula is C14H20N2O3. The van der Waals surface area contributed by atoms with Crippen LogP contribution < -0.4 is 15.4 Å². The highest BCUT2D eigenvalue weighted by atomic mass is 16.5. The van der Waals surface area contributed by atoms with Crippen LogP contribution >= 0.6 is 0 Å². The second kappa shape index (κ2) is 5.59. The lowest BCUT2D eigenvalue weighted by atomic mass is 10.1. The molecule has 19 heavy (non-hydrogen) atoms. The van der Waals surface area contributed by atoms with Crippen molar-refractivity contribution in [3.63, 3.8) is 0 Å². The standard InChI is InChI=1S/C14H20N2O3/c1-3-6-16-11-7-10(12(17)8-15)4-5-13(11)19-9(2)14(16)18/h4-5,7,9,12,17H,3,6,8,15H2,1-2H3. The van der Waals surface area contributed by atoms with Gasteiger partial charge in [-0.05, 0) is 31.0 Å². The van der Waals surface area contributed by atoms with Crippen LogP contribution in [0.4, 0.5) is 5.69 Å². The lowest BCUT2D eigenvalue weighted by Crippen LogP contribution is -2.44. The third-order valence-electron chi connectivity index (χ3n) is 3.25. The third-order valence-corrected chi connectivity index (χ3v) is 3.25. The Balaban J connectivity index is 2.42. The maximum absolute atomic E-state index is 12.1. The van der Waals surface area contributed by atoms with Gasteiger partial charge in [0.1, 0.15) is 5.75 Å². The van der Waals surface area contributed by atoms with Crippen LogP contribution in [-0.2, 0) is 4.79 Å². The van der Waals surface area contributed by atoms with Gasteiger partial charge in [0.15, 0.2) is 6.10 Å². The van der Waals surface area contributed by atoms with Crippen LogP contribution in [0.25, 0.3) is 0 Å². The number of ether oxygens (including phenoxy) is 1. The molecule has 0 radical (unpaired) electrons. The van der Waals surface area contributed by atoms with Gasteiger partial charge in [-0.2, -0.15) is 0 Å². The lowest BCUT2D eigenvalue weighted by Gasteiger charge is -2.33. The molecule has 0 saturated heterocycles. The Hall–Kier alpha value is -1.59. The molecule has 0 aliphatic carbocycles. The van der Waals surface area contributed by atoms with E-state index in [4.69, 9.17) is 10.5 Å². The molecule has 0 saturated carbocycles. The SMILES string of the molecule is CCCN1C(=O)C(C)Oc2ccc(C(O)CN)cc21. The second-order valence-corrected chi connectivity index (χ2v) is 4.73. The molecule has 2 unspecified atom stereocenters. The number of anilines is 1. The molecule has 2 atom stereocenters. The first-order chi connectivity index (χ1) is 9.08. The molecule has 3 N–H and O–H groups in total. The molecule has 0 bridgehead atoms. The van der Waals surface area contributed by atoms with Crippen molar-refractivity contribution in [3.05, 3.63) is 23.8 Å². The smallest absolute Gasteiger partial charge is 0.267 e. The first kappa shape index (κ1) is 13.8. The summed E-state index contributed by atoms with van der Waals surface area (Å²) in [7, 11) is 0. The monoisotopic (exact) mass is 264 g/mol. The van der Waals surface area contributed by atoms with E-state index in [2.05, 4.69) is 0 Å². The number of benzene rings is 1. The largest absolute Gasteiger partial charge is 0.479 e. The highest BCUT2D eigenvalue weighted by molar-refractivity contribution is 5.99. The van der Waals surface area contributed by atoms with E-state index in [-0.39, 0.29) is 12.5 Å². The summed E-state index contributed by atoms with van der Waals surface area (Å²) in [5.74, 6) is 0.627. The molecule has 2 rings (SSSR count). The number of nitrogens with two attached hydrogens (primary N) is 1. The van der Waals surface area contributed by atoms with Crippen molar-refractivity contribution in [1.29, 1.82) is 0 Å². The second-order valence-electron chi connectivity index (χ2n) is 4.73. The van der Waals surface area contributed by atoms with Crippen molar-refractivity contribution in [2.45, 2.75) is 32.5 Å². The van der Waals surface area contributed by atoms with Crippen LogP contribution in [0.1, 0.15) is 31.9 Å². The fourth-order valence-corrected chi connectivity index (χ4v) is 2.22. The van der Waals surface area contributed by atoms with Crippen LogP contribution in [0.15, 0.2) is 18.2 Å². The van der Waals surface area contributed by atoms with E-state index >= 15 is 0 Å². The normalized spacial score (nSPS) is 19.9. The number of amides is 1. The number of hydrogen-bond acceptors (Lipinski definition) is 4. The number of carbonyl (C=O) groups excluding carboxylic acids is 1. The molecule has 104 valence electrons. The van der Waals surface area contributed by atoms with Gasteiger partial charge in [-0.25, -0.2) is 0 Å². The molecule has 0 aromatic heterocycles. The van der Waals surface area contributed by atoms with E-state index in [1.807, 2.05) is 6.92 Å². The van der Waals surface area contributed by atoms with Gasteiger partial charge in [-0.3, -0.25) is 4.79 Å². The zero-order valence-electron chi connectivity index (χ0n) is 11.3. The number of carbonyl (C=O) groups is 1. The molecule has 1 heterocycles. The molecule has 1 aromatic rings. The Kier molecular flexibility index (Phi) is 4.07. The van der Waals surface area contributed by atoms with Crippen LogP contribution in [0.5, 0.6) is 5.75 Å². The fourth-order valence-electron chi connectivity index (χ4n) is 2.22. The summed E-state index contributed by atoms with van der Waals surface area (Å²) in [5.41, 5.74) is 6.88. The van der Waals surface area contributed by atoms with Gasteiger partial charge in [0, 0.05) is 13.1 Å². The van der Waals surface area contributed by atoms with Crippen LogP contribution in [0.3, 0.4) is 0 Å². The number of aliphatic hydroxyl groups is 1. The highest BCUT2D eigenvalue weighted by Crippen LogP contribution is 2.36. The van der Waals surface area contributed by atoms with Crippen molar-refractivity contribution < 1.29 is 14.6 Å². The topological polar surface area (TPSA) is 75.8 Å². The number of aliphatic hydroxyl groups excluding tert-OH is 1. The molecular weight excluding hydrogens is 244 g/mol. The minimum Gasteiger partial charge on any atom is -0.479 e. The first-order valence-electron chi connectivity index (χ1n) is 6.58. The van der Waals surface area contributed by atoms with Gasteiger partial charge in [0.05, 0.1) is 11.8 Å². The molecule has 1 aliphatic heterocycles. The van der Waals surface area contributed by atoms with E-state index in [1.54, 1.807) is 30.0 Å². The zero-order chi connectivity index (χ0) is 14.0. The number of fused-ring (bicyclic) bond motifs is 1. The molecule has 1 aliphatic rings. The Morgan fingerprint density at radius 3 is 2.89 bits per heavy atom. The van der Waals surface area contributed by atoms with Crippen molar-refractivity contribution in [3.8, 4) is 5.75 Å². The predicted molar refractivity (Wildman–Crippen MR) is 73.2 cm³/mol. The summed E-state index contributed by atoms with van der Waals surface area (Å²) in [5, 5.41) is 9.80. The summed E-state index contributed by atoms with van der Waals surface area (Å²) in [6.07, 6.45) is -0.325. The minimum absolute atomic E-state index is 0.0475. The minimum atomic E-state index is -0.719. The van der Waals surface area contributed by atoms with Crippen molar-refractivity contribution >= 4 is 11.6 Å². The average molecular weight is 264 g/mol. The van der Waals surface area contributed by atoms with Crippen LogP contribution in [-0.4, -0.2) is 30.2 Å². The zero-order valence-corrected chi connectivity index (χ0v) is 11.3. The molecule has 0 spiro atoms. The Morgan fingerprint density at radius 2 is 2.26 bits per heavy atom. The van der Waals surface area contributed by atoms with E-state index in [0.29, 0.717) is 17.9 Å². The van der Waals surface area contributed by atoms with Gasteiger partial charge in [-0.1, -0.05) is 13.0 Å². The van der Waals surface area contributed by atoms with Crippen molar-refractivity contribution in [1.82, 2.24) is 0 Å². The average Bonchev–Trinajstić information content (AvgIpc) is 2.42. The molecule has 1 aromatic carbocycles. The van der Waals surface area contributed by atoms with E-state index < -0.39 is 12.2 Å². The Morgan fingerprint density at radius 1 is 1.53 bits per heavy atom. The van der Waals surface area contributed by atoms with Gasteiger partial charge in [-0.15, -0.1) is 0 Å². The maximum Gasteiger partial charge on any atom is 0.267 e. The maximum atomic E-state index is 12.1. The molecule has 5 heteroatoms. The van der Waals surface area contributed by atoms with Gasteiger partial charge >= 0.3 is 0 Å². The van der Waals surface area contributed by atoms with E-state index in [1.165, 1.54) is 0 Å². The van der Waals surface area contributed by atoms with E-state index in [0.717, 1.165) is 12.1 Å². The quantitative estimate of drug-likeness (QED) is 0.857. The first-order valence-corrected chi connectivity index (χ1v) is 6.58. The summed E-state index contributed by atoms with van der Waals surface area (Å²) in [4.78, 5) is 13.9. The third kappa shape index (κ3) is 2.57. The van der Waals surface area contributed by atoms with Crippen LogP contribution in [0.2, 0.25) is 0 Å². The fraction of sp³-hybridized carbons (Fsp3) is 0.500. The highest BCUT2D eigenvalue weighted by Gasteiger charge is 2.31. The lowest BCUT2D eigenvalue weighted by molar-refractivity contribution is -0.125. The number of nitrogens with zero attached hydrogens (tertiary/aromatic N) is 1. The van der Waals surface area contributed by atoms with E-state index in [9.17, 15) is 9.90 Å². The summed E-state index contributed by atoms with van der Waals surface area (Å²) >= 11 is 0.